The van der Waals surface area contributed by atoms with Gasteiger partial charge in [0.25, 0.3) is 0 Å². The molecule has 7 nitrogen and oxygen atoms in total. The average molecular weight is 414 g/mol. The molecule has 1 N–H and O–H groups in total. The number of pyridine rings is 2. The highest BCUT2D eigenvalue weighted by atomic mass is 15.2. The van der Waals surface area contributed by atoms with Crippen LogP contribution in [0.5, 0.6) is 0 Å². The van der Waals surface area contributed by atoms with Gasteiger partial charge in [-0.25, -0.2) is 15.0 Å². The Kier molecular flexibility index (Phi) is 5.19. The summed E-state index contributed by atoms with van der Waals surface area (Å²) in [5.74, 6) is 1.35. The van der Waals surface area contributed by atoms with Gasteiger partial charge in [-0.2, -0.15) is 5.10 Å². The molecule has 0 bridgehead atoms. The van der Waals surface area contributed by atoms with Crippen molar-refractivity contribution in [3.05, 3.63) is 65.1 Å². The lowest BCUT2D eigenvalue weighted by Crippen LogP contribution is -2.33. The maximum atomic E-state index is 4.71. The third kappa shape index (κ3) is 3.93. The van der Waals surface area contributed by atoms with Gasteiger partial charge in [0.2, 0.25) is 0 Å². The number of nitrogens with one attached hydrogen (secondary N) is 1. The zero-order chi connectivity index (χ0) is 21.4. The van der Waals surface area contributed by atoms with Crippen LogP contribution in [-0.4, -0.2) is 48.1 Å². The molecule has 0 atom stereocenters. The van der Waals surface area contributed by atoms with Crippen LogP contribution in [0.25, 0.3) is 22.3 Å². The summed E-state index contributed by atoms with van der Waals surface area (Å²) in [6.07, 6.45) is 5.83. The quantitative estimate of drug-likeness (QED) is 0.542. The highest BCUT2D eigenvalue weighted by Crippen LogP contribution is 2.31. The van der Waals surface area contributed by atoms with E-state index in [1.807, 2.05) is 38.2 Å². The van der Waals surface area contributed by atoms with Crippen molar-refractivity contribution < 1.29 is 0 Å². The molecule has 4 aromatic heterocycles. The number of hydrogen-bond donors (Lipinski definition) is 1. The summed E-state index contributed by atoms with van der Waals surface area (Å²) in [6, 6.07) is 8.21. The number of aryl methyl sites for hydroxylation is 3. The van der Waals surface area contributed by atoms with Crippen LogP contribution >= 0.6 is 0 Å². The number of likely N-dealkylation sites (tertiary alicyclic amines) is 1. The molecule has 0 radical (unpaired) electrons. The first-order valence-electron chi connectivity index (χ1n) is 10.9. The first-order chi connectivity index (χ1) is 15.1. The van der Waals surface area contributed by atoms with E-state index in [-0.39, 0.29) is 0 Å². The average Bonchev–Trinajstić information content (AvgIpc) is 3.24. The minimum atomic E-state index is 0.496. The molecule has 5 rings (SSSR count). The van der Waals surface area contributed by atoms with E-state index in [1.54, 1.807) is 6.20 Å². The Bertz CT molecular complexity index is 1200. The lowest BCUT2D eigenvalue weighted by Gasteiger charge is -2.30. The number of piperidine rings is 1. The molecule has 0 spiro atoms. The molecule has 1 aliphatic heterocycles. The zero-order valence-corrected chi connectivity index (χ0v) is 18.3. The van der Waals surface area contributed by atoms with Crippen LogP contribution in [0.15, 0.2) is 36.7 Å². The zero-order valence-electron chi connectivity index (χ0n) is 18.3. The maximum absolute atomic E-state index is 4.71. The number of aromatic amines is 1. The van der Waals surface area contributed by atoms with Crippen LogP contribution in [0.3, 0.4) is 0 Å². The second-order valence-corrected chi connectivity index (χ2v) is 8.45. The van der Waals surface area contributed by atoms with E-state index >= 15 is 0 Å². The second-order valence-electron chi connectivity index (χ2n) is 8.45. The lowest BCUT2D eigenvalue weighted by molar-refractivity contribution is 0.199. The van der Waals surface area contributed by atoms with Crippen molar-refractivity contribution in [3.63, 3.8) is 0 Å². The Balaban J connectivity index is 1.26. The minimum Gasteiger partial charge on any atom is -0.296 e. The summed E-state index contributed by atoms with van der Waals surface area (Å²) in [4.78, 5) is 20.7. The number of H-pyrrole nitrogens is 1. The Labute approximate surface area is 182 Å². The molecule has 0 aliphatic carbocycles. The Morgan fingerprint density at radius 2 is 1.84 bits per heavy atom. The van der Waals surface area contributed by atoms with Crippen molar-refractivity contribution in [1.82, 2.24) is 35.0 Å². The highest BCUT2D eigenvalue weighted by Gasteiger charge is 2.24. The third-order valence-electron chi connectivity index (χ3n) is 6.30. The van der Waals surface area contributed by atoms with Crippen molar-refractivity contribution in [2.75, 3.05) is 13.1 Å². The van der Waals surface area contributed by atoms with Gasteiger partial charge in [-0.05, 0) is 76.5 Å². The monoisotopic (exact) mass is 413 g/mol. The molecule has 4 aromatic rings. The van der Waals surface area contributed by atoms with Gasteiger partial charge in [0.15, 0.2) is 5.65 Å². The summed E-state index contributed by atoms with van der Waals surface area (Å²) >= 11 is 0. The topological polar surface area (TPSA) is 83.5 Å². The molecule has 158 valence electrons. The first kappa shape index (κ1) is 19.8. The molecule has 0 amide bonds. The summed E-state index contributed by atoms with van der Waals surface area (Å²) in [5.41, 5.74) is 7.36. The van der Waals surface area contributed by atoms with Crippen molar-refractivity contribution in [1.29, 1.82) is 0 Å². The van der Waals surface area contributed by atoms with E-state index in [1.165, 1.54) is 11.3 Å². The van der Waals surface area contributed by atoms with Gasteiger partial charge in [-0.1, -0.05) is 0 Å². The van der Waals surface area contributed by atoms with Gasteiger partial charge in [0, 0.05) is 40.6 Å². The number of aromatic nitrogens is 6. The van der Waals surface area contributed by atoms with E-state index in [0.29, 0.717) is 5.92 Å². The summed E-state index contributed by atoms with van der Waals surface area (Å²) in [7, 11) is 0. The van der Waals surface area contributed by atoms with Crippen molar-refractivity contribution in [2.45, 2.75) is 46.1 Å². The first-order valence-corrected chi connectivity index (χ1v) is 10.9. The SMILES string of the molecule is Cc1ccnc(C)c1-c1cc(C2CCN(Cc3nc(C)c4cccnc4n3)CC2)[nH]n1. The van der Waals surface area contributed by atoms with Gasteiger partial charge in [-0.15, -0.1) is 0 Å². The standard InChI is InChI=1S/C24H27N7/c1-15-6-10-25-17(3)23(15)21-13-20(29-30-21)18-7-11-31(12-8-18)14-22-27-16(2)19-5-4-9-26-24(19)28-22/h4-6,9-10,13,18H,7-8,11-12,14H2,1-3H3,(H,29,30). The summed E-state index contributed by atoms with van der Waals surface area (Å²) in [6.45, 7) is 8.99. The molecule has 1 saturated heterocycles. The number of nitrogens with zero attached hydrogens (tertiary/aromatic N) is 6. The number of rotatable bonds is 4. The fourth-order valence-corrected chi connectivity index (χ4v) is 4.60. The van der Waals surface area contributed by atoms with Crippen LogP contribution in [0, 0.1) is 20.8 Å². The molecule has 0 aromatic carbocycles. The lowest BCUT2D eigenvalue weighted by atomic mass is 9.93. The van der Waals surface area contributed by atoms with E-state index in [0.717, 1.165) is 72.0 Å². The van der Waals surface area contributed by atoms with Crippen LogP contribution in [-0.2, 0) is 6.54 Å². The fourth-order valence-electron chi connectivity index (χ4n) is 4.60. The molecule has 31 heavy (non-hydrogen) atoms. The van der Waals surface area contributed by atoms with E-state index in [2.05, 4.69) is 43.0 Å². The molecule has 0 unspecified atom stereocenters. The second kappa shape index (κ2) is 8.15. The van der Waals surface area contributed by atoms with Gasteiger partial charge in [0.1, 0.15) is 5.82 Å². The van der Waals surface area contributed by atoms with Crippen LogP contribution in [0.2, 0.25) is 0 Å². The van der Waals surface area contributed by atoms with Crippen molar-refractivity contribution in [3.8, 4) is 11.3 Å². The Morgan fingerprint density at radius 3 is 2.65 bits per heavy atom. The largest absolute Gasteiger partial charge is 0.296 e. The van der Waals surface area contributed by atoms with E-state index in [9.17, 15) is 0 Å². The number of hydrogen-bond acceptors (Lipinski definition) is 6. The Hall–Kier alpha value is -3.19. The van der Waals surface area contributed by atoms with E-state index < -0.39 is 0 Å². The molecule has 5 heterocycles. The Morgan fingerprint density at radius 1 is 1.00 bits per heavy atom. The smallest absolute Gasteiger partial charge is 0.163 e. The van der Waals surface area contributed by atoms with Crippen LogP contribution < -0.4 is 0 Å². The molecule has 1 aliphatic rings. The van der Waals surface area contributed by atoms with Gasteiger partial charge < -0.3 is 0 Å². The number of fused-ring (bicyclic) bond motifs is 1. The normalized spacial score (nSPS) is 15.6. The summed E-state index contributed by atoms with van der Waals surface area (Å²) in [5, 5.41) is 8.92. The molecular weight excluding hydrogens is 386 g/mol. The molecule has 0 saturated carbocycles. The fraction of sp³-hybridized carbons (Fsp3) is 0.375. The minimum absolute atomic E-state index is 0.496. The van der Waals surface area contributed by atoms with E-state index in [4.69, 9.17) is 4.98 Å². The molecular formula is C24H27N7. The predicted molar refractivity (Wildman–Crippen MR) is 121 cm³/mol. The van der Waals surface area contributed by atoms with Crippen LogP contribution in [0.4, 0.5) is 0 Å². The molecule has 1 fully saturated rings. The van der Waals surface area contributed by atoms with Crippen LogP contribution in [0.1, 0.15) is 47.2 Å². The summed E-state index contributed by atoms with van der Waals surface area (Å²) < 4.78 is 0. The van der Waals surface area contributed by atoms with Gasteiger partial charge >= 0.3 is 0 Å². The predicted octanol–water partition coefficient (Wildman–Crippen LogP) is 4.11. The molecule has 7 heteroatoms. The van der Waals surface area contributed by atoms with Gasteiger partial charge in [0.05, 0.1) is 17.9 Å². The van der Waals surface area contributed by atoms with Crippen molar-refractivity contribution in [2.24, 2.45) is 0 Å². The third-order valence-corrected chi connectivity index (χ3v) is 6.30. The maximum Gasteiger partial charge on any atom is 0.163 e. The highest BCUT2D eigenvalue weighted by molar-refractivity contribution is 5.76. The van der Waals surface area contributed by atoms with Crippen molar-refractivity contribution >= 4 is 11.0 Å². The van der Waals surface area contributed by atoms with Gasteiger partial charge in [-0.3, -0.25) is 15.0 Å².